The van der Waals surface area contributed by atoms with Gasteiger partial charge in [-0.2, -0.15) is 0 Å². The van der Waals surface area contributed by atoms with Gasteiger partial charge in [-0.15, -0.1) is 0 Å². The predicted molar refractivity (Wildman–Crippen MR) is 124 cm³/mol. The van der Waals surface area contributed by atoms with E-state index in [1.807, 2.05) is 13.8 Å². The number of aromatic carboxylic acids is 1. The number of aryl methyl sites for hydroxylation is 1. The lowest BCUT2D eigenvalue weighted by Gasteiger charge is -2.16. The zero-order valence-corrected chi connectivity index (χ0v) is 19.1. The number of anilines is 1. The molecule has 168 valence electrons. The minimum atomic E-state index is -0.971. The fourth-order valence-corrected chi connectivity index (χ4v) is 3.52. The second-order valence-electron chi connectivity index (χ2n) is 7.04. The van der Waals surface area contributed by atoms with E-state index in [-0.39, 0.29) is 17.2 Å². The molecule has 0 fully saturated rings. The van der Waals surface area contributed by atoms with Crippen molar-refractivity contribution in [2.24, 2.45) is 0 Å². The van der Waals surface area contributed by atoms with Crippen molar-refractivity contribution in [3.8, 4) is 11.5 Å². The number of rotatable bonds is 9. The van der Waals surface area contributed by atoms with Crippen molar-refractivity contribution in [1.82, 2.24) is 0 Å². The lowest BCUT2D eigenvalue weighted by atomic mass is 10.1. The third-order valence-electron chi connectivity index (χ3n) is 4.75. The van der Waals surface area contributed by atoms with Gasteiger partial charge in [0.05, 0.1) is 17.2 Å². The summed E-state index contributed by atoms with van der Waals surface area (Å²) in [6.07, 6.45) is 0. The summed E-state index contributed by atoms with van der Waals surface area (Å²) < 4.78 is 24.8. The van der Waals surface area contributed by atoms with E-state index in [1.165, 1.54) is 12.1 Å². The highest BCUT2D eigenvalue weighted by atomic mass is 35.5. The van der Waals surface area contributed by atoms with E-state index in [0.29, 0.717) is 35.2 Å². The minimum absolute atomic E-state index is 0.127. The van der Waals surface area contributed by atoms with E-state index >= 15 is 0 Å². The summed E-state index contributed by atoms with van der Waals surface area (Å²) in [5.74, 6) is -0.420. The molecular weight excluding hydrogens is 456 g/mol. The molecule has 0 atom stereocenters. The second kappa shape index (κ2) is 10.6. The summed E-state index contributed by atoms with van der Waals surface area (Å²) in [4.78, 5) is 11.1. The smallest absolute Gasteiger partial charge is 0.335 e. The molecule has 0 radical (unpaired) electrons. The number of carbonyl (C=O) groups is 1. The average Bonchev–Trinajstić information content (AvgIpc) is 2.74. The molecule has 0 saturated carbocycles. The summed E-state index contributed by atoms with van der Waals surface area (Å²) in [5.41, 5.74) is 3.26. The van der Waals surface area contributed by atoms with Crippen LogP contribution in [0.3, 0.4) is 0 Å². The van der Waals surface area contributed by atoms with E-state index in [2.05, 4.69) is 5.32 Å². The molecule has 5 nitrogen and oxygen atoms in total. The Balaban J connectivity index is 1.76. The molecule has 0 bridgehead atoms. The van der Waals surface area contributed by atoms with Gasteiger partial charge in [-0.3, -0.25) is 0 Å². The summed E-state index contributed by atoms with van der Waals surface area (Å²) in [5, 5.41) is 13.1. The number of hydrogen-bond acceptors (Lipinski definition) is 4. The number of nitrogens with one attached hydrogen (secondary N) is 1. The topological polar surface area (TPSA) is 67.8 Å². The van der Waals surface area contributed by atoms with Crippen molar-refractivity contribution in [2.45, 2.75) is 27.0 Å². The van der Waals surface area contributed by atoms with Crippen LogP contribution in [0.5, 0.6) is 11.5 Å². The molecule has 32 heavy (non-hydrogen) atoms. The first kappa shape index (κ1) is 23.7. The number of hydrogen-bond donors (Lipinski definition) is 2. The van der Waals surface area contributed by atoms with Crippen molar-refractivity contribution < 1.29 is 23.8 Å². The summed E-state index contributed by atoms with van der Waals surface area (Å²) in [7, 11) is 0. The highest BCUT2D eigenvalue weighted by Crippen LogP contribution is 2.35. The first-order chi connectivity index (χ1) is 15.3. The van der Waals surface area contributed by atoms with Crippen LogP contribution in [0, 0.1) is 12.7 Å². The van der Waals surface area contributed by atoms with Gasteiger partial charge in [0, 0.05) is 28.9 Å². The molecule has 3 aromatic rings. The normalized spacial score (nSPS) is 10.7. The number of ether oxygens (including phenoxy) is 2. The predicted octanol–water partition coefficient (Wildman–Crippen LogP) is 6.73. The van der Waals surface area contributed by atoms with Crippen LogP contribution < -0.4 is 14.8 Å². The van der Waals surface area contributed by atoms with Gasteiger partial charge in [0.1, 0.15) is 12.4 Å². The number of benzene rings is 3. The number of carboxylic acid groups (broad SMARTS) is 1. The quantitative estimate of drug-likeness (QED) is 0.357. The molecule has 3 rings (SSSR count). The van der Waals surface area contributed by atoms with Crippen LogP contribution in [0.25, 0.3) is 0 Å². The first-order valence-corrected chi connectivity index (χ1v) is 10.6. The molecule has 2 N–H and O–H groups in total. The maximum absolute atomic E-state index is 13.3. The molecular formula is C24H22Cl2FNO4. The standard InChI is InChI=1S/C24H22Cl2FNO4/c1-3-31-22-9-17(12-28-21-7-5-15(24(29)30)8-14(21)2)20(26)11-23(22)32-13-16-4-6-18(27)10-19(16)25/h4-11,28H,3,12-13H2,1-2H3,(H,29,30). The Morgan fingerprint density at radius 3 is 2.38 bits per heavy atom. The monoisotopic (exact) mass is 477 g/mol. The lowest BCUT2D eigenvalue weighted by molar-refractivity contribution is 0.0697. The third kappa shape index (κ3) is 5.84. The minimum Gasteiger partial charge on any atom is -0.490 e. The fourth-order valence-electron chi connectivity index (χ4n) is 3.07. The van der Waals surface area contributed by atoms with Gasteiger partial charge in [0.25, 0.3) is 0 Å². The zero-order chi connectivity index (χ0) is 23.3. The molecule has 0 aliphatic carbocycles. The van der Waals surface area contributed by atoms with Crippen LogP contribution in [0.15, 0.2) is 48.5 Å². The fraction of sp³-hybridized carbons (Fsp3) is 0.208. The van der Waals surface area contributed by atoms with Crippen molar-refractivity contribution in [3.63, 3.8) is 0 Å². The molecule has 3 aromatic carbocycles. The largest absolute Gasteiger partial charge is 0.490 e. The maximum atomic E-state index is 13.3. The van der Waals surface area contributed by atoms with Gasteiger partial charge < -0.3 is 19.9 Å². The van der Waals surface area contributed by atoms with Crippen molar-refractivity contribution >= 4 is 34.9 Å². The Kier molecular flexibility index (Phi) is 7.83. The first-order valence-electron chi connectivity index (χ1n) is 9.88. The Morgan fingerprint density at radius 1 is 1.00 bits per heavy atom. The van der Waals surface area contributed by atoms with E-state index in [9.17, 15) is 9.18 Å². The number of carboxylic acids is 1. The van der Waals surface area contributed by atoms with Crippen LogP contribution >= 0.6 is 23.2 Å². The summed E-state index contributed by atoms with van der Waals surface area (Å²) in [6.45, 7) is 4.65. The van der Waals surface area contributed by atoms with Crippen LogP contribution in [-0.4, -0.2) is 17.7 Å². The van der Waals surface area contributed by atoms with Gasteiger partial charge in [0.2, 0.25) is 0 Å². The molecule has 0 aliphatic rings. The maximum Gasteiger partial charge on any atom is 0.335 e. The second-order valence-corrected chi connectivity index (χ2v) is 7.85. The highest BCUT2D eigenvalue weighted by molar-refractivity contribution is 6.31. The van der Waals surface area contributed by atoms with Crippen molar-refractivity contribution in [1.29, 1.82) is 0 Å². The van der Waals surface area contributed by atoms with E-state index < -0.39 is 11.8 Å². The molecule has 0 saturated heterocycles. The van der Waals surface area contributed by atoms with Crippen molar-refractivity contribution in [3.05, 3.63) is 86.6 Å². The van der Waals surface area contributed by atoms with E-state index in [0.717, 1.165) is 16.8 Å². The molecule has 0 aliphatic heterocycles. The molecule has 0 spiro atoms. The molecule has 8 heteroatoms. The van der Waals surface area contributed by atoms with Crippen LogP contribution in [0.2, 0.25) is 10.0 Å². The number of halogens is 3. The van der Waals surface area contributed by atoms with Gasteiger partial charge in [-0.05, 0) is 61.4 Å². The zero-order valence-electron chi connectivity index (χ0n) is 17.5. The van der Waals surface area contributed by atoms with Gasteiger partial charge in [-0.1, -0.05) is 29.3 Å². The molecule has 0 amide bonds. The Labute approximate surface area is 195 Å². The Hall–Kier alpha value is -2.96. The van der Waals surface area contributed by atoms with Crippen molar-refractivity contribution in [2.75, 3.05) is 11.9 Å². The molecule has 0 heterocycles. The lowest BCUT2D eigenvalue weighted by Crippen LogP contribution is -2.05. The Morgan fingerprint density at radius 2 is 1.72 bits per heavy atom. The van der Waals surface area contributed by atoms with Gasteiger partial charge in [0.15, 0.2) is 11.5 Å². The SMILES string of the molecule is CCOc1cc(CNc2ccc(C(=O)O)cc2C)c(Cl)cc1OCc1ccc(F)cc1Cl. The summed E-state index contributed by atoms with van der Waals surface area (Å²) in [6, 6.07) is 12.5. The van der Waals surface area contributed by atoms with Crippen LogP contribution in [0.4, 0.5) is 10.1 Å². The van der Waals surface area contributed by atoms with Gasteiger partial charge >= 0.3 is 5.97 Å². The van der Waals surface area contributed by atoms with Crippen LogP contribution in [-0.2, 0) is 13.2 Å². The highest BCUT2D eigenvalue weighted by Gasteiger charge is 2.13. The van der Waals surface area contributed by atoms with E-state index in [1.54, 1.807) is 36.4 Å². The molecule has 0 unspecified atom stereocenters. The third-order valence-corrected chi connectivity index (χ3v) is 5.46. The van der Waals surface area contributed by atoms with E-state index in [4.69, 9.17) is 37.8 Å². The van der Waals surface area contributed by atoms with Gasteiger partial charge in [-0.25, -0.2) is 9.18 Å². The molecule has 0 aromatic heterocycles. The summed E-state index contributed by atoms with van der Waals surface area (Å²) >= 11 is 12.6. The average molecular weight is 478 g/mol. The van der Waals surface area contributed by atoms with Crippen LogP contribution in [0.1, 0.15) is 34.0 Å². The Bertz CT molecular complexity index is 1140.